The number of ether oxygens (including phenoxy) is 1. The van der Waals surface area contributed by atoms with Crippen LogP contribution in [0.2, 0.25) is 0 Å². The van der Waals surface area contributed by atoms with Gasteiger partial charge in [-0.05, 0) is 30.9 Å². The molecule has 1 aliphatic rings. The topological polar surface area (TPSA) is 81.4 Å². The van der Waals surface area contributed by atoms with Crippen LogP contribution in [-0.2, 0) is 10.0 Å². The Labute approximate surface area is 143 Å². The third kappa shape index (κ3) is 5.04. The van der Waals surface area contributed by atoms with Crippen LogP contribution in [0.3, 0.4) is 0 Å². The number of nitrogens with two attached hydrogens (primary N) is 1. The summed E-state index contributed by atoms with van der Waals surface area (Å²) in [6.45, 7) is 0.252. The third-order valence-corrected chi connectivity index (χ3v) is 5.70. The SMILES string of the molecule is COc1cc(S(=O)(=O)NC(CN)C2CCCCC2)ccc1F.Cl. The molecule has 0 heterocycles. The molecule has 5 nitrogen and oxygen atoms in total. The molecule has 1 aromatic carbocycles. The highest BCUT2D eigenvalue weighted by Gasteiger charge is 2.27. The molecule has 0 aliphatic heterocycles. The van der Waals surface area contributed by atoms with Gasteiger partial charge in [-0.15, -0.1) is 12.4 Å². The molecule has 0 radical (unpaired) electrons. The van der Waals surface area contributed by atoms with E-state index < -0.39 is 15.8 Å². The number of methoxy groups -OCH3 is 1. The third-order valence-electron chi connectivity index (χ3n) is 4.21. The maximum absolute atomic E-state index is 13.4. The molecule has 0 bridgehead atoms. The molecular weight excluding hydrogens is 343 g/mol. The lowest BCUT2D eigenvalue weighted by Crippen LogP contribution is -2.45. The molecule has 2 rings (SSSR count). The Morgan fingerprint density at radius 1 is 1.35 bits per heavy atom. The van der Waals surface area contributed by atoms with E-state index in [4.69, 9.17) is 10.5 Å². The summed E-state index contributed by atoms with van der Waals surface area (Å²) >= 11 is 0. The molecule has 1 atom stereocenters. The number of hydrogen-bond acceptors (Lipinski definition) is 4. The van der Waals surface area contributed by atoms with Gasteiger partial charge in [-0.3, -0.25) is 0 Å². The molecule has 1 unspecified atom stereocenters. The van der Waals surface area contributed by atoms with Crippen LogP contribution in [0.5, 0.6) is 5.75 Å². The highest BCUT2D eigenvalue weighted by Crippen LogP contribution is 2.27. The summed E-state index contributed by atoms with van der Waals surface area (Å²) in [7, 11) is -2.45. The van der Waals surface area contributed by atoms with Crippen LogP contribution < -0.4 is 15.2 Å². The van der Waals surface area contributed by atoms with Gasteiger partial charge in [0.2, 0.25) is 10.0 Å². The fourth-order valence-electron chi connectivity index (χ4n) is 2.95. The zero-order valence-electron chi connectivity index (χ0n) is 13.1. The number of benzene rings is 1. The van der Waals surface area contributed by atoms with Crippen molar-refractivity contribution >= 4 is 22.4 Å². The second-order valence-corrected chi connectivity index (χ2v) is 7.37. The van der Waals surface area contributed by atoms with Gasteiger partial charge in [-0.1, -0.05) is 19.3 Å². The van der Waals surface area contributed by atoms with Gasteiger partial charge in [0.15, 0.2) is 11.6 Å². The fourth-order valence-corrected chi connectivity index (χ4v) is 4.28. The van der Waals surface area contributed by atoms with Crippen molar-refractivity contribution in [2.24, 2.45) is 11.7 Å². The zero-order chi connectivity index (χ0) is 16.2. The summed E-state index contributed by atoms with van der Waals surface area (Å²) in [4.78, 5) is -0.0139. The van der Waals surface area contributed by atoms with Gasteiger partial charge in [0.05, 0.1) is 12.0 Å². The lowest BCUT2D eigenvalue weighted by molar-refractivity contribution is 0.294. The Morgan fingerprint density at radius 2 is 2.00 bits per heavy atom. The zero-order valence-corrected chi connectivity index (χ0v) is 14.8. The van der Waals surface area contributed by atoms with E-state index in [1.54, 1.807) is 0 Å². The van der Waals surface area contributed by atoms with Crippen LogP contribution in [0.4, 0.5) is 4.39 Å². The van der Waals surface area contributed by atoms with E-state index in [1.807, 2.05) is 0 Å². The molecule has 1 aromatic rings. The van der Waals surface area contributed by atoms with Crippen LogP contribution in [0.15, 0.2) is 23.1 Å². The summed E-state index contributed by atoms with van der Waals surface area (Å²) in [5.41, 5.74) is 5.76. The van der Waals surface area contributed by atoms with E-state index in [0.29, 0.717) is 0 Å². The number of hydrogen-bond donors (Lipinski definition) is 2. The predicted molar refractivity (Wildman–Crippen MR) is 89.9 cm³/mol. The summed E-state index contributed by atoms with van der Waals surface area (Å²) < 4.78 is 45.9. The number of nitrogens with one attached hydrogen (secondary N) is 1. The first-order valence-corrected chi connectivity index (χ1v) is 9.02. The van der Waals surface area contributed by atoms with Gasteiger partial charge in [0, 0.05) is 18.7 Å². The molecule has 8 heteroatoms. The molecule has 0 aromatic heterocycles. The van der Waals surface area contributed by atoms with Crippen molar-refractivity contribution in [3.05, 3.63) is 24.0 Å². The lowest BCUT2D eigenvalue weighted by atomic mass is 9.84. The molecular formula is C15H24ClFN2O3S. The van der Waals surface area contributed by atoms with E-state index in [9.17, 15) is 12.8 Å². The van der Waals surface area contributed by atoms with Crippen molar-refractivity contribution in [1.29, 1.82) is 0 Å². The molecule has 0 saturated heterocycles. The first kappa shape index (κ1) is 20.2. The van der Waals surface area contributed by atoms with E-state index in [2.05, 4.69) is 4.72 Å². The standard InChI is InChI=1S/C15H23FN2O3S.ClH/c1-21-15-9-12(7-8-13(15)16)22(19,20)18-14(10-17)11-5-3-2-4-6-11;/h7-9,11,14,18H,2-6,10,17H2,1H3;1H. The van der Waals surface area contributed by atoms with Gasteiger partial charge >= 0.3 is 0 Å². The Bertz CT molecular complexity index is 607. The van der Waals surface area contributed by atoms with Gasteiger partial charge in [0.1, 0.15) is 0 Å². The molecule has 1 saturated carbocycles. The lowest BCUT2D eigenvalue weighted by Gasteiger charge is -2.29. The Kier molecular flexibility index (Phi) is 7.73. The minimum absolute atomic E-state index is 0. The highest BCUT2D eigenvalue weighted by atomic mass is 35.5. The Balaban J connectivity index is 0.00000264. The second kappa shape index (κ2) is 8.82. The van der Waals surface area contributed by atoms with E-state index in [1.165, 1.54) is 25.7 Å². The van der Waals surface area contributed by atoms with Crippen LogP contribution in [0, 0.1) is 11.7 Å². The van der Waals surface area contributed by atoms with Crippen LogP contribution in [-0.4, -0.2) is 28.1 Å². The minimum Gasteiger partial charge on any atom is -0.494 e. The molecule has 1 fully saturated rings. The van der Waals surface area contributed by atoms with Crippen LogP contribution in [0.1, 0.15) is 32.1 Å². The average Bonchev–Trinajstić information content (AvgIpc) is 2.53. The van der Waals surface area contributed by atoms with Crippen molar-refractivity contribution in [2.75, 3.05) is 13.7 Å². The maximum Gasteiger partial charge on any atom is 0.241 e. The minimum atomic E-state index is -3.75. The Hall–Kier alpha value is -0.890. The largest absolute Gasteiger partial charge is 0.494 e. The maximum atomic E-state index is 13.4. The monoisotopic (exact) mass is 366 g/mol. The number of halogens is 2. The quantitative estimate of drug-likeness (QED) is 0.810. The number of rotatable bonds is 6. The summed E-state index contributed by atoms with van der Waals surface area (Å²) in [6.07, 6.45) is 5.37. The molecule has 0 spiro atoms. The van der Waals surface area contributed by atoms with Gasteiger partial charge in [-0.2, -0.15) is 0 Å². The van der Waals surface area contributed by atoms with Crippen molar-refractivity contribution in [1.82, 2.24) is 4.72 Å². The average molecular weight is 367 g/mol. The molecule has 132 valence electrons. The predicted octanol–water partition coefficient (Wildman–Crippen LogP) is 2.44. The normalized spacial score (nSPS) is 17.3. The van der Waals surface area contributed by atoms with Gasteiger partial charge in [-0.25, -0.2) is 17.5 Å². The first-order chi connectivity index (χ1) is 10.5. The highest BCUT2D eigenvalue weighted by molar-refractivity contribution is 7.89. The summed E-state index contributed by atoms with van der Waals surface area (Å²) in [5.74, 6) is -0.426. The molecule has 3 N–H and O–H groups in total. The van der Waals surface area contributed by atoms with Gasteiger partial charge < -0.3 is 10.5 Å². The molecule has 0 amide bonds. The Morgan fingerprint density at radius 3 is 2.57 bits per heavy atom. The number of sulfonamides is 1. The smallest absolute Gasteiger partial charge is 0.241 e. The summed E-state index contributed by atoms with van der Waals surface area (Å²) in [6, 6.07) is 3.22. The molecule has 1 aliphatic carbocycles. The van der Waals surface area contributed by atoms with Crippen LogP contribution in [0.25, 0.3) is 0 Å². The van der Waals surface area contributed by atoms with Crippen molar-refractivity contribution in [3.63, 3.8) is 0 Å². The first-order valence-electron chi connectivity index (χ1n) is 7.54. The summed E-state index contributed by atoms with van der Waals surface area (Å²) in [5, 5.41) is 0. The van der Waals surface area contributed by atoms with E-state index in [-0.39, 0.29) is 41.6 Å². The van der Waals surface area contributed by atoms with Crippen molar-refractivity contribution in [3.8, 4) is 5.75 Å². The van der Waals surface area contributed by atoms with Gasteiger partial charge in [0.25, 0.3) is 0 Å². The van der Waals surface area contributed by atoms with Crippen LogP contribution >= 0.6 is 12.4 Å². The fraction of sp³-hybridized carbons (Fsp3) is 0.600. The van der Waals surface area contributed by atoms with E-state index >= 15 is 0 Å². The van der Waals surface area contributed by atoms with E-state index in [0.717, 1.165) is 31.7 Å². The second-order valence-electron chi connectivity index (χ2n) is 5.66. The van der Waals surface area contributed by atoms with Crippen molar-refractivity contribution < 1.29 is 17.5 Å². The van der Waals surface area contributed by atoms with Crippen molar-refractivity contribution in [2.45, 2.75) is 43.0 Å². The molecule has 23 heavy (non-hydrogen) atoms.